The minimum atomic E-state index is -0.142. The maximum Gasteiger partial charge on any atom is 0.234 e. The van der Waals surface area contributed by atoms with E-state index in [9.17, 15) is 4.79 Å². The Morgan fingerprint density at radius 1 is 1.19 bits per heavy atom. The molecule has 0 aliphatic carbocycles. The van der Waals surface area contributed by atoms with Gasteiger partial charge in [-0.1, -0.05) is 29.4 Å². The highest BCUT2D eigenvalue weighted by atomic mass is 35.5. The van der Waals surface area contributed by atoms with Crippen LogP contribution in [-0.4, -0.2) is 31.8 Å². The van der Waals surface area contributed by atoms with Gasteiger partial charge in [0.2, 0.25) is 11.1 Å². The van der Waals surface area contributed by atoms with Crippen molar-refractivity contribution in [3.05, 3.63) is 52.5 Å². The van der Waals surface area contributed by atoms with Gasteiger partial charge in [0, 0.05) is 21.6 Å². The quantitative estimate of drug-likeness (QED) is 0.495. The lowest BCUT2D eigenvalue weighted by atomic mass is 10.1. The first-order valence-corrected chi connectivity index (χ1v) is 9.67. The van der Waals surface area contributed by atoms with Crippen LogP contribution in [0.5, 0.6) is 0 Å². The second kappa shape index (κ2) is 7.17. The third-order valence-corrected chi connectivity index (χ3v) is 5.19. The summed E-state index contributed by atoms with van der Waals surface area (Å²) in [5.74, 6) is 0.0488. The number of halogens is 1. The Morgan fingerprint density at radius 2 is 1.96 bits per heavy atom. The molecule has 2 aromatic heterocycles. The van der Waals surface area contributed by atoms with Crippen LogP contribution in [0.4, 0.5) is 5.69 Å². The first-order chi connectivity index (χ1) is 13.0. The number of aryl methyl sites for hydroxylation is 2. The minimum absolute atomic E-state index is 0.142. The van der Waals surface area contributed by atoms with E-state index in [1.807, 2.05) is 0 Å². The van der Waals surface area contributed by atoms with Crippen LogP contribution in [0.25, 0.3) is 22.1 Å². The average molecular weight is 398 g/mol. The van der Waals surface area contributed by atoms with E-state index in [2.05, 4.69) is 51.5 Å². The smallest absolute Gasteiger partial charge is 0.234 e. The number of carbonyl (C=O) groups excluding carboxylic acids is 1. The van der Waals surface area contributed by atoms with Crippen molar-refractivity contribution in [1.29, 1.82) is 0 Å². The molecule has 136 valence electrons. The van der Waals surface area contributed by atoms with Gasteiger partial charge in [-0.25, -0.2) is 4.98 Å². The first kappa shape index (κ1) is 17.8. The highest BCUT2D eigenvalue weighted by molar-refractivity contribution is 7.99. The molecule has 4 rings (SSSR count). The Morgan fingerprint density at radius 3 is 2.74 bits per heavy atom. The van der Waals surface area contributed by atoms with Crippen LogP contribution >= 0.6 is 23.4 Å². The number of nitrogens with zero attached hydrogens (tertiary/aromatic N) is 3. The van der Waals surface area contributed by atoms with E-state index in [-0.39, 0.29) is 11.7 Å². The number of hydrogen-bond donors (Lipinski definition) is 2. The Kier molecular flexibility index (Phi) is 4.72. The Labute approximate surface area is 164 Å². The monoisotopic (exact) mass is 397 g/mol. The van der Waals surface area contributed by atoms with Crippen molar-refractivity contribution < 1.29 is 4.79 Å². The van der Waals surface area contributed by atoms with Crippen molar-refractivity contribution in [2.45, 2.75) is 19.0 Å². The molecule has 2 aromatic carbocycles. The number of amides is 1. The minimum Gasteiger partial charge on any atom is -0.336 e. The van der Waals surface area contributed by atoms with Crippen molar-refractivity contribution in [3.63, 3.8) is 0 Å². The Hall–Kier alpha value is -2.64. The van der Waals surface area contributed by atoms with Gasteiger partial charge in [0.15, 0.2) is 5.65 Å². The maximum absolute atomic E-state index is 12.1. The largest absolute Gasteiger partial charge is 0.336 e. The normalized spacial score (nSPS) is 11.2. The number of nitrogens with one attached hydrogen (secondary N) is 2. The number of fused-ring (bicyclic) bond motifs is 3. The van der Waals surface area contributed by atoms with E-state index < -0.39 is 0 Å². The molecule has 0 unspecified atom stereocenters. The fourth-order valence-electron chi connectivity index (χ4n) is 3.00. The molecule has 1 amide bonds. The summed E-state index contributed by atoms with van der Waals surface area (Å²) in [5, 5.41) is 13.3. The van der Waals surface area contributed by atoms with Gasteiger partial charge in [0.25, 0.3) is 0 Å². The molecule has 4 aromatic rings. The number of aromatic nitrogens is 4. The summed E-state index contributed by atoms with van der Waals surface area (Å²) in [6.07, 6.45) is 0. The van der Waals surface area contributed by atoms with Gasteiger partial charge in [0.05, 0.1) is 5.75 Å². The number of benzene rings is 2. The summed E-state index contributed by atoms with van der Waals surface area (Å²) < 4.78 is 0. The molecule has 2 heterocycles. The van der Waals surface area contributed by atoms with Gasteiger partial charge < -0.3 is 10.3 Å². The Bertz CT molecular complexity index is 1160. The van der Waals surface area contributed by atoms with Crippen LogP contribution in [0.15, 0.2) is 41.6 Å². The first-order valence-electron chi connectivity index (χ1n) is 8.31. The third kappa shape index (κ3) is 3.74. The lowest BCUT2D eigenvalue weighted by Crippen LogP contribution is -2.14. The second-order valence-electron chi connectivity index (χ2n) is 6.26. The Balaban J connectivity index is 1.53. The van der Waals surface area contributed by atoms with Crippen LogP contribution in [0.3, 0.4) is 0 Å². The summed E-state index contributed by atoms with van der Waals surface area (Å²) in [6.45, 7) is 4.11. The molecule has 0 saturated heterocycles. The van der Waals surface area contributed by atoms with Crippen LogP contribution < -0.4 is 5.32 Å². The number of H-pyrrole nitrogens is 1. The SMILES string of the molecule is Cc1cc(C)c2c(c1)[nH]c1nnc(SCC(=O)Nc3ccc(Cl)cc3)nc12. The van der Waals surface area contributed by atoms with Crippen molar-refractivity contribution in [1.82, 2.24) is 20.2 Å². The molecule has 0 atom stereocenters. The third-order valence-electron chi connectivity index (χ3n) is 4.10. The molecule has 0 aliphatic rings. The van der Waals surface area contributed by atoms with Crippen LogP contribution in [0, 0.1) is 13.8 Å². The van der Waals surface area contributed by atoms with E-state index in [1.54, 1.807) is 24.3 Å². The van der Waals surface area contributed by atoms with Crippen LogP contribution in [0.2, 0.25) is 5.02 Å². The average Bonchev–Trinajstić information content (AvgIpc) is 2.99. The fourth-order valence-corrected chi connectivity index (χ4v) is 3.71. The van der Waals surface area contributed by atoms with Crippen LogP contribution in [0.1, 0.15) is 11.1 Å². The van der Waals surface area contributed by atoms with Crippen molar-refractivity contribution in [2.75, 3.05) is 11.1 Å². The second-order valence-corrected chi connectivity index (χ2v) is 7.64. The van der Waals surface area contributed by atoms with Gasteiger partial charge in [-0.15, -0.1) is 10.2 Å². The number of thioether (sulfide) groups is 1. The number of rotatable bonds is 4. The van der Waals surface area contributed by atoms with Gasteiger partial charge in [-0.2, -0.15) is 0 Å². The van der Waals surface area contributed by atoms with Gasteiger partial charge >= 0.3 is 0 Å². The van der Waals surface area contributed by atoms with E-state index >= 15 is 0 Å². The summed E-state index contributed by atoms with van der Waals surface area (Å²) in [4.78, 5) is 20.0. The summed E-state index contributed by atoms with van der Waals surface area (Å²) in [5.41, 5.74) is 5.42. The molecule has 0 radical (unpaired) electrons. The standard InChI is InChI=1S/C19H16ClN5OS/c1-10-7-11(2)16-14(8-10)22-18-17(16)23-19(25-24-18)27-9-15(26)21-13-5-3-12(20)4-6-13/h3-8H,9H2,1-2H3,(H,21,26)(H,22,24). The molecule has 2 N–H and O–H groups in total. The number of hydrogen-bond acceptors (Lipinski definition) is 5. The number of aromatic amines is 1. The van der Waals surface area contributed by atoms with Crippen LogP contribution in [-0.2, 0) is 4.79 Å². The van der Waals surface area contributed by atoms with Crippen molar-refractivity contribution in [3.8, 4) is 0 Å². The molecule has 6 nitrogen and oxygen atoms in total. The van der Waals surface area contributed by atoms with Gasteiger partial charge in [0.1, 0.15) is 5.52 Å². The molecular formula is C19H16ClN5OS. The van der Waals surface area contributed by atoms with E-state index in [0.717, 1.165) is 22.0 Å². The molecule has 0 saturated carbocycles. The van der Waals surface area contributed by atoms with E-state index in [1.165, 1.54) is 17.3 Å². The zero-order valence-corrected chi connectivity index (χ0v) is 16.3. The van der Waals surface area contributed by atoms with Gasteiger partial charge in [-0.3, -0.25) is 4.79 Å². The summed E-state index contributed by atoms with van der Waals surface area (Å²) in [6, 6.07) is 11.2. The molecule has 8 heteroatoms. The molecule has 0 aliphatic heterocycles. The van der Waals surface area contributed by atoms with Gasteiger partial charge in [-0.05, 0) is 55.3 Å². The van der Waals surface area contributed by atoms with E-state index in [4.69, 9.17) is 11.6 Å². The maximum atomic E-state index is 12.1. The summed E-state index contributed by atoms with van der Waals surface area (Å²) in [7, 11) is 0. The van der Waals surface area contributed by atoms with E-state index in [0.29, 0.717) is 21.5 Å². The lowest BCUT2D eigenvalue weighted by molar-refractivity contribution is -0.113. The fraction of sp³-hybridized carbons (Fsp3) is 0.158. The predicted octanol–water partition coefficient (Wildman–Crippen LogP) is 4.51. The molecule has 0 bridgehead atoms. The molecule has 27 heavy (non-hydrogen) atoms. The molecular weight excluding hydrogens is 382 g/mol. The highest BCUT2D eigenvalue weighted by Crippen LogP contribution is 2.28. The number of carbonyl (C=O) groups is 1. The zero-order valence-electron chi connectivity index (χ0n) is 14.7. The lowest BCUT2D eigenvalue weighted by Gasteiger charge is -2.04. The molecule has 0 spiro atoms. The zero-order chi connectivity index (χ0) is 19.0. The summed E-state index contributed by atoms with van der Waals surface area (Å²) >= 11 is 7.10. The topological polar surface area (TPSA) is 83.6 Å². The predicted molar refractivity (Wildman–Crippen MR) is 109 cm³/mol. The highest BCUT2D eigenvalue weighted by Gasteiger charge is 2.13. The number of anilines is 1. The van der Waals surface area contributed by atoms with Crippen molar-refractivity contribution in [2.24, 2.45) is 0 Å². The molecule has 0 fully saturated rings. The van der Waals surface area contributed by atoms with Crippen molar-refractivity contribution >= 4 is 57.0 Å².